The first-order chi connectivity index (χ1) is 14.8. The number of ether oxygens (including phenoxy) is 1. The first-order valence-electron chi connectivity index (χ1n) is 10.1. The largest absolute Gasteiger partial charge is 0.472 e. The third kappa shape index (κ3) is 6.27. The summed E-state index contributed by atoms with van der Waals surface area (Å²) < 4.78 is 29.1. The van der Waals surface area contributed by atoms with E-state index >= 15 is 0 Å². The molecule has 0 spiro atoms. The third-order valence-electron chi connectivity index (χ3n) is 5.35. The first-order valence-corrected chi connectivity index (χ1v) is 12.4. The zero-order valence-electron chi connectivity index (χ0n) is 17.4. The Kier molecular flexibility index (Phi) is 7.67. The number of anilines is 1. The molecule has 1 fully saturated rings. The van der Waals surface area contributed by atoms with Crippen LogP contribution < -0.4 is 10.1 Å². The molecule has 7 nitrogen and oxygen atoms in total. The van der Waals surface area contributed by atoms with Crippen LogP contribution >= 0.6 is 11.6 Å². The van der Waals surface area contributed by atoms with Gasteiger partial charge in [-0.1, -0.05) is 56.0 Å². The summed E-state index contributed by atoms with van der Waals surface area (Å²) in [6.45, 7) is 3.89. The summed E-state index contributed by atoms with van der Waals surface area (Å²) in [4.78, 5) is 21.5. The van der Waals surface area contributed by atoms with Crippen molar-refractivity contribution in [2.24, 2.45) is 5.92 Å². The molecular weight excluding hydrogens is 438 g/mol. The van der Waals surface area contributed by atoms with Crippen molar-refractivity contribution in [3.8, 4) is 5.88 Å². The average molecular weight is 464 g/mol. The van der Waals surface area contributed by atoms with Gasteiger partial charge in [-0.05, 0) is 30.0 Å². The topological polar surface area (TPSA) is 98.2 Å². The van der Waals surface area contributed by atoms with Crippen LogP contribution in [0.4, 0.5) is 5.82 Å². The van der Waals surface area contributed by atoms with Crippen LogP contribution in [-0.4, -0.2) is 37.2 Å². The minimum atomic E-state index is -3.45. The van der Waals surface area contributed by atoms with Gasteiger partial charge < -0.3 is 10.1 Å². The SMILES string of the molecule is C=CCOc1cnc(NC(=O)[C@H](CC2CCCC2)c2ccc(S(C)(=O)=O)c(Cl)c2)cn1. The van der Waals surface area contributed by atoms with Crippen LogP contribution in [0.1, 0.15) is 43.6 Å². The molecule has 0 unspecified atom stereocenters. The number of sulfone groups is 1. The summed E-state index contributed by atoms with van der Waals surface area (Å²) in [7, 11) is -3.45. The highest BCUT2D eigenvalue weighted by Gasteiger charge is 2.28. The summed E-state index contributed by atoms with van der Waals surface area (Å²) in [6.07, 6.45) is 10.7. The molecule has 2 aromatic rings. The fourth-order valence-electron chi connectivity index (χ4n) is 3.82. The van der Waals surface area contributed by atoms with Gasteiger partial charge in [0.15, 0.2) is 15.7 Å². The molecule has 9 heteroatoms. The van der Waals surface area contributed by atoms with E-state index in [1.807, 2.05) is 0 Å². The standard InChI is InChI=1S/C22H26ClN3O4S/c1-3-10-30-21-14-24-20(13-25-21)26-22(27)17(11-15-6-4-5-7-15)16-8-9-19(18(23)12-16)31(2,28)29/h3,8-9,12-15,17H,1,4-7,10-11H2,2H3,(H,24,26,27)/t17-/m1/s1. The number of amides is 1. The second-order valence-electron chi connectivity index (χ2n) is 7.73. The molecule has 0 radical (unpaired) electrons. The molecule has 1 aromatic heterocycles. The Morgan fingerprint density at radius 3 is 2.65 bits per heavy atom. The van der Waals surface area contributed by atoms with E-state index in [4.69, 9.17) is 16.3 Å². The van der Waals surface area contributed by atoms with Crippen molar-refractivity contribution in [1.82, 2.24) is 9.97 Å². The number of nitrogens with zero attached hydrogens (tertiary/aromatic N) is 2. The van der Waals surface area contributed by atoms with E-state index in [1.165, 1.54) is 18.5 Å². The summed E-state index contributed by atoms with van der Waals surface area (Å²) >= 11 is 6.24. The van der Waals surface area contributed by atoms with Crippen LogP contribution in [0.25, 0.3) is 0 Å². The minimum Gasteiger partial charge on any atom is -0.472 e. The van der Waals surface area contributed by atoms with E-state index < -0.39 is 15.8 Å². The maximum Gasteiger partial charge on any atom is 0.233 e. The summed E-state index contributed by atoms with van der Waals surface area (Å²) in [5.41, 5.74) is 0.681. The van der Waals surface area contributed by atoms with Crippen molar-refractivity contribution in [2.45, 2.75) is 42.9 Å². The van der Waals surface area contributed by atoms with Crippen molar-refractivity contribution in [2.75, 3.05) is 18.2 Å². The quantitative estimate of drug-likeness (QED) is 0.553. The summed E-state index contributed by atoms with van der Waals surface area (Å²) in [6, 6.07) is 4.71. The Balaban J connectivity index is 1.82. The Hall–Kier alpha value is -2.45. The van der Waals surface area contributed by atoms with Gasteiger partial charge in [-0.25, -0.2) is 18.4 Å². The number of carbonyl (C=O) groups is 1. The number of carbonyl (C=O) groups excluding carboxylic acids is 1. The highest BCUT2D eigenvalue weighted by atomic mass is 35.5. The monoisotopic (exact) mass is 463 g/mol. The van der Waals surface area contributed by atoms with Crippen LogP contribution in [0.15, 0.2) is 48.1 Å². The molecule has 1 amide bonds. The average Bonchev–Trinajstić information content (AvgIpc) is 3.23. The number of halogens is 1. The highest BCUT2D eigenvalue weighted by molar-refractivity contribution is 7.90. The molecular formula is C22H26ClN3O4S. The molecule has 0 saturated heterocycles. The van der Waals surface area contributed by atoms with Gasteiger partial charge in [0, 0.05) is 6.26 Å². The van der Waals surface area contributed by atoms with E-state index in [9.17, 15) is 13.2 Å². The fourth-order valence-corrected chi connectivity index (χ4v) is 5.16. The maximum absolute atomic E-state index is 13.2. The lowest BCUT2D eigenvalue weighted by Crippen LogP contribution is -2.24. The van der Waals surface area contributed by atoms with Gasteiger partial charge >= 0.3 is 0 Å². The molecule has 1 aromatic carbocycles. The van der Waals surface area contributed by atoms with E-state index in [0.717, 1.165) is 31.9 Å². The highest BCUT2D eigenvalue weighted by Crippen LogP contribution is 2.36. The third-order valence-corrected chi connectivity index (χ3v) is 6.93. The number of rotatable bonds is 9. The zero-order chi connectivity index (χ0) is 22.4. The lowest BCUT2D eigenvalue weighted by Gasteiger charge is -2.21. The number of hydrogen-bond acceptors (Lipinski definition) is 6. The maximum atomic E-state index is 13.2. The molecule has 1 atom stereocenters. The van der Waals surface area contributed by atoms with E-state index in [-0.39, 0.29) is 15.8 Å². The Morgan fingerprint density at radius 1 is 1.32 bits per heavy atom. The van der Waals surface area contributed by atoms with Crippen LogP contribution in [0.5, 0.6) is 5.88 Å². The van der Waals surface area contributed by atoms with Crippen molar-refractivity contribution < 1.29 is 17.9 Å². The van der Waals surface area contributed by atoms with Gasteiger partial charge in [-0.3, -0.25) is 4.79 Å². The van der Waals surface area contributed by atoms with Gasteiger partial charge in [0.05, 0.1) is 28.2 Å². The molecule has 166 valence electrons. The predicted molar refractivity (Wildman–Crippen MR) is 120 cm³/mol. The van der Waals surface area contributed by atoms with Crippen LogP contribution in [0.2, 0.25) is 5.02 Å². The molecule has 1 saturated carbocycles. The van der Waals surface area contributed by atoms with Crippen LogP contribution in [0, 0.1) is 5.92 Å². The van der Waals surface area contributed by atoms with Gasteiger partial charge in [0.2, 0.25) is 11.8 Å². The second-order valence-corrected chi connectivity index (χ2v) is 10.1. The molecule has 1 aliphatic carbocycles. The minimum absolute atomic E-state index is 0.0546. The Morgan fingerprint density at radius 2 is 2.06 bits per heavy atom. The number of nitrogens with one attached hydrogen (secondary N) is 1. The molecule has 3 rings (SSSR count). The normalized spacial score (nSPS) is 15.4. The van der Waals surface area contributed by atoms with E-state index in [1.54, 1.807) is 18.2 Å². The van der Waals surface area contributed by atoms with Gasteiger partial charge in [-0.15, -0.1) is 0 Å². The first kappa shape index (κ1) is 23.2. The number of benzene rings is 1. The second kappa shape index (κ2) is 10.2. The lowest BCUT2D eigenvalue weighted by molar-refractivity contribution is -0.118. The van der Waals surface area contributed by atoms with Crippen molar-refractivity contribution in [3.05, 3.63) is 53.8 Å². The van der Waals surface area contributed by atoms with E-state index in [0.29, 0.717) is 36.2 Å². The molecule has 0 bridgehead atoms. The van der Waals surface area contributed by atoms with Crippen molar-refractivity contribution >= 4 is 33.2 Å². The smallest absolute Gasteiger partial charge is 0.233 e. The van der Waals surface area contributed by atoms with Crippen molar-refractivity contribution in [3.63, 3.8) is 0 Å². The van der Waals surface area contributed by atoms with Gasteiger partial charge in [-0.2, -0.15) is 0 Å². The molecule has 1 heterocycles. The zero-order valence-corrected chi connectivity index (χ0v) is 19.0. The van der Waals surface area contributed by atoms with E-state index in [2.05, 4.69) is 21.9 Å². The Labute approximate surface area is 187 Å². The van der Waals surface area contributed by atoms with Crippen LogP contribution in [-0.2, 0) is 14.6 Å². The van der Waals surface area contributed by atoms with Gasteiger partial charge in [0.1, 0.15) is 6.61 Å². The lowest BCUT2D eigenvalue weighted by atomic mass is 9.87. The number of aromatic nitrogens is 2. The van der Waals surface area contributed by atoms with Gasteiger partial charge in [0.25, 0.3) is 0 Å². The molecule has 31 heavy (non-hydrogen) atoms. The predicted octanol–water partition coefficient (Wildman–Crippen LogP) is 4.40. The fraction of sp³-hybridized carbons (Fsp3) is 0.409. The molecule has 1 aliphatic rings. The number of hydrogen-bond donors (Lipinski definition) is 1. The Bertz CT molecular complexity index is 1040. The van der Waals surface area contributed by atoms with Crippen molar-refractivity contribution in [1.29, 1.82) is 0 Å². The molecule has 1 N–H and O–H groups in total. The molecule has 0 aliphatic heterocycles. The van der Waals surface area contributed by atoms with Crippen LogP contribution in [0.3, 0.4) is 0 Å². The summed E-state index contributed by atoms with van der Waals surface area (Å²) in [5.74, 6) is 0.372. The summed E-state index contributed by atoms with van der Waals surface area (Å²) in [5, 5.41) is 2.93.